The van der Waals surface area contributed by atoms with Crippen molar-refractivity contribution in [3.8, 4) is 0 Å². The SMILES string of the molecule is CCC[C@@H](C(=O)NNc1c(F)c(F)cc(F)c1F)c1ccccc1. The van der Waals surface area contributed by atoms with Crippen LogP contribution in [0.2, 0.25) is 0 Å². The first-order chi connectivity index (χ1) is 11.5. The molecule has 0 saturated carbocycles. The van der Waals surface area contributed by atoms with Gasteiger partial charge in [-0.1, -0.05) is 43.7 Å². The standard InChI is InChI=1S/C17H16F4N2O/c1-2-6-11(10-7-4-3-5-8-10)17(24)23-22-16-14(20)12(18)9-13(19)15(16)21/h3-5,7-9,11,22H,2,6H2,1H3,(H,23,24)/t11-/m1/s1. The van der Waals surface area contributed by atoms with Gasteiger partial charge in [-0.05, 0) is 12.0 Å². The molecule has 2 rings (SSSR count). The summed E-state index contributed by atoms with van der Waals surface area (Å²) in [5.74, 6) is -7.46. The lowest BCUT2D eigenvalue weighted by atomic mass is 9.94. The lowest BCUT2D eigenvalue weighted by molar-refractivity contribution is -0.122. The number of rotatable bonds is 6. The monoisotopic (exact) mass is 340 g/mol. The summed E-state index contributed by atoms with van der Waals surface area (Å²) in [6.07, 6.45) is 1.20. The fraction of sp³-hybridized carbons (Fsp3) is 0.235. The highest BCUT2D eigenvalue weighted by Gasteiger charge is 2.22. The summed E-state index contributed by atoms with van der Waals surface area (Å²) in [6.45, 7) is 1.89. The summed E-state index contributed by atoms with van der Waals surface area (Å²) in [5, 5.41) is 0. The third-order valence-corrected chi connectivity index (χ3v) is 3.52. The van der Waals surface area contributed by atoms with E-state index in [4.69, 9.17) is 0 Å². The zero-order chi connectivity index (χ0) is 17.7. The van der Waals surface area contributed by atoms with Crippen molar-refractivity contribution in [2.75, 3.05) is 5.43 Å². The topological polar surface area (TPSA) is 41.1 Å². The van der Waals surface area contributed by atoms with Crippen LogP contribution in [0.1, 0.15) is 31.2 Å². The van der Waals surface area contributed by atoms with Crippen molar-refractivity contribution in [3.63, 3.8) is 0 Å². The molecule has 2 aromatic carbocycles. The molecule has 3 nitrogen and oxygen atoms in total. The van der Waals surface area contributed by atoms with E-state index in [9.17, 15) is 22.4 Å². The Morgan fingerprint density at radius 2 is 1.62 bits per heavy atom. The zero-order valence-corrected chi connectivity index (χ0v) is 12.9. The molecule has 0 aliphatic heterocycles. The van der Waals surface area contributed by atoms with Gasteiger partial charge in [-0.2, -0.15) is 0 Å². The second kappa shape index (κ2) is 7.81. The second-order valence-corrected chi connectivity index (χ2v) is 5.21. The molecule has 0 spiro atoms. The van der Waals surface area contributed by atoms with E-state index in [1.165, 1.54) is 0 Å². The van der Waals surface area contributed by atoms with E-state index in [1.807, 2.05) is 12.3 Å². The van der Waals surface area contributed by atoms with Crippen molar-refractivity contribution in [1.82, 2.24) is 5.43 Å². The molecule has 128 valence electrons. The number of hydrazine groups is 1. The van der Waals surface area contributed by atoms with Crippen LogP contribution < -0.4 is 10.9 Å². The summed E-state index contributed by atoms with van der Waals surface area (Å²) in [7, 11) is 0. The Balaban J connectivity index is 2.17. The van der Waals surface area contributed by atoms with Crippen LogP contribution in [-0.4, -0.2) is 5.91 Å². The Bertz CT molecular complexity index is 696. The second-order valence-electron chi connectivity index (χ2n) is 5.21. The molecular weight excluding hydrogens is 324 g/mol. The van der Waals surface area contributed by atoms with Gasteiger partial charge < -0.3 is 0 Å². The molecule has 0 aliphatic rings. The van der Waals surface area contributed by atoms with Gasteiger partial charge in [0.15, 0.2) is 23.3 Å². The number of halogens is 4. The Hall–Kier alpha value is -2.57. The predicted molar refractivity (Wildman–Crippen MR) is 82.1 cm³/mol. The highest BCUT2D eigenvalue weighted by Crippen LogP contribution is 2.25. The summed E-state index contributed by atoms with van der Waals surface area (Å²) in [6, 6.07) is 8.93. The molecule has 0 heterocycles. The number of carbonyl (C=O) groups is 1. The Labute approximate surface area is 136 Å². The minimum atomic E-state index is -1.61. The van der Waals surface area contributed by atoms with E-state index in [2.05, 4.69) is 5.43 Å². The minimum absolute atomic E-state index is 0.0987. The van der Waals surface area contributed by atoms with Crippen LogP contribution in [0.25, 0.3) is 0 Å². The summed E-state index contributed by atoms with van der Waals surface area (Å²) < 4.78 is 53.4. The molecule has 0 fully saturated rings. The van der Waals surface area contributed by atoms with Crippen molar-refractivity contribution in [2.45, 2.75) is 25.7 Å². The highest BCUT2D eigenvalue weighted by atomic mass is 19.2. The summed E-state index contributed by atoms with van der Waals surface area (Å²) in [4.78, 5) is 12.3. The van der Waals surface area contributed by atoms with E-state index in [0.717, 1.165) is 5.56 Å². The van der Waals surface area contributed by atoms with Crippen molar-refractivity contribution < 1.29 is 22.4 Å². The van der Waals surface area contributed by atoms with Crippen molar-refractivity contribution in [3.05, 3.63) is 65.2 Å². The first kappa shape index (κ1) is 17.8. The van der Waals surface area contributed by atoms with Gasteiger partial charge in [0.25, 0.3) is 0 Å². The van der Waals surface area contributed by atoms with Crippen molar-refractivity contribution in [2.24, 2.45) is 0 Å². The van der Waals surface area contributed by atoms with Crippen molar-refractivity contribution >= 4 is 11.6 Å². The van der Waals surface area contributed by atoms with Crippen LogP contribution in [0, 0.1) is 23.3 Å². The third kappa shape index (κ3) is 3.84. The number of hydrogen-bond acceptors (Lipinski definition) is 2. The average Bonchev–Trinajstić information content (AvgIpc) is 2.58. The van der Waals surface area contributed by atoms with Gasteiger partial charge in [-0.3, -0.25) is 15.6 Å². The molecule has 0 aliphatic carbocycles. The minimum Gasteiger partial charge on any atom is -0.293 e. The largest absolute Gasteiger partial charge is 0.293 e. The van der Waals surface area contributed by atoms with E-state index < -0.39 is 40.8 Å². The molecular formula is C17H16F4N2O. The van der Waals surface area contributed by atoms with Gasteiger partial charge in [0.05, 0.1) is 5.92 Å². The molecule has 0 saturated heterocycles. The Morgan fingerprint density at radius 1 is 1.04 bits per heavy atom. The van der Waals surface area contributed by atoms with Crippen LogP contribution in [0.15, 0.2) is 36.4 Å². The van der Waals surface area contributed by atoms with Gasteiger partial charge in [-0.15, -0.1) is 0 Å². The van der Waals surface area contributed by atoms with E-state index in [-0.39, 0.29) is 6.07 Å². The van der Waals surface area contributed by atoms with Gasteiger partial charge in [0.1, 0.15) is 5.69 Å². The van der Waals surface area contributed by atoms with Crippen molar-refractivity contribution in [1.29, 1.82) is 0 Å². The normalized spacial score (nSPS) is 11.9. The van der Waals surface area contributed by atoms with E-state index in [1.54, 1.807) is 30.3 Å². The number of carbonyl (C=O) groups excluding carboxylic acids is 1. The lowest BCUT2D eigenvalue weighted by Crippen LogP contribution is -2.35. The molecule has 0 unspecified atom stereocenters. The molecule has 2 aromatic rings. The van der Waals surface area contributed by atoms with Gasteiger partial charge >= 0.3 is 0 Å². The quantitative estimate of drug-likeness (QED) is 0.468. The molecule has 1 atom stereocenters. The van der Waals surface area contributed by atoms with Crippen LogP contribution in [-0.2, 0) is 4.79 Å². The third-order valence-electron chi connectivity index (χ3n) is 3.52. The van der Waals surface area contributed by atoms with Crippen LogP contribution in [0.3, 0.4) is 0 Å². The smallest absolute Gasteiger partial charge is 0.245 e. The van der Waals surface area contributed by atoms with E-state index in [0.29, 0.717) is 12.8 Å². The molecule has 1 amide bonds. The van der Waals surface area contributed by atoms with Crippen LogP contribution in [0.5, 0.6) is 0 Å². The maximum Gasteiger partial charge on any atom is 0.245 e. The number of amides is 1. The molecule has 24 heavy (non-hydrogen) atoms. The maximum absolute atomic E-state index is 13.6. The molecule has 7 heteroatoms. The molecule has 0 radical (unpaired) electrons. The van der Waals surface area contributed by atoms with Crippen LogP contribution >= 0.6 is 0 Å². The summed E-state index contributed by atoms with van der Waals surface area (Å²) in [5.41, 5.74) is 3.71. The highest BCUT2D eigenvalue weighted by molar-refractivity contribution is 5.84. The number of hydrogen-bond donors (Lipinski definition) is 2. The molecule has 0 aromatic heterocycles. The molecule has 0 bridgehead atoms. The first-order valence-corrected chi connectivity index (χ1v) is 7.39. The maximum atomic E-state index is 13.6. The van der Waals surface area contributed by atoms with Crippen LogP contribution in [0.4, 0.5) is 23.2 Å². The van der Waals surface area contributed by atoms with E-state index >= 15 is 0 Å². The zero-order valence-electron chi connectivity index (χ0n) is 12.9. The fourth-order valence-electron chi connectivity index (χ4n) is 2.32. The fourth-order valence-corrected chi connectivity index (χ4v) is 2.32. The lowest BCUT2D eigenvalue weighted by Gasteiger charge is -2.18. The van der Waals surface area contributed by atoms with Gasteiger partial charge in [-0.25, -0.2) is 17.6 Å². The predicted octanol–water partition coefficient (Wildman–Crippen LogP) is 4.27. The number of nitrogens with one attached hydrogen (secondary N) is 2. The first-order valence-electron chi connectivity index (χ1n) is 7.39. The average molecular weight is 340 g/mol. The van der Waals surface area contributed by atoms with Gasteiger partial charge in [0.2, 0.25) is 5.91 Å². The number of anilines is 1. The number of benzene rings is 2. The molecule has 2 N–H and O–H groups in total. The Kier molecular flexibility index (Phi) is 5.78. The Morgan fingerprint density at radius 3 is 2.17 bits per heavy atom. The van der Waals surface area contributed by atoms with Gasteiger partial charge in [0, 0.05) is 6.07 Å². The summed E-state index contributed by atoms with van der Waals surface area (Å²) >= 11 is 0.